The summed E-state index contributed by atoms with van der Waals surface area (Å²) in [5, 5.41) is 11.2. The van der Waals surface area contributed by atoms with Crippen LogP contribution in [0.1, 0.15) is 29.6 Å². The summed E-state index contributed by atoms with van der Waals surface area (Å²) < 4.78 is 25.7. The van der Waals surface area contributed by atoms with Crippen molar-refractivity contribution in [3.63, 3.8) is 0 Å². The first-order valence-electron chi connectivity index (χ1n) is 5.88. The molecule has 1 aromatic rings. The van der Waals surface area contributed by atoms with Gasteiger partial charge in [0.05, 0.1) is 0 Å². The summed E-state index contributed by atoms with van der Waals surface area (Å²) in [5.41, 5.74) is -0.146. The number of halogens is 2. The van der Waals surface area contributed by atoms with Crippen LogP contribution in [-0.2, 0) is 4.79 Å². The van der Waals surface area contributed by atoms with Gasteiger partial charge in [-0.2, -0.15) is 0 Å². The lowest BCUT2D eigenvalue weighted by molar-refractivity contribution is -0.139. The van der Waals surface area contributed by atoms with Gasteiger partial charge in [0.25, 0.3) is 5.91 Å². The lowest BCUT2D eigenvalue weighted by atomic mass is 10.1. The molecule has 1 rings (SSSR count). The summed E-state index contributed by atoms with van der Waals surface area (Å²) in [6.07, 6.45) is 6.04. The van der Waals surface area contributed by atoms with Crippen LogP contribution in [0.25, 0.3) is 0 Å². The van der Waals surface area contributed by atoms with E-state index in [1.54, 1.807) is 0 Å². The predicted octanol–water partition coefficient (Wildman–Crippen LogP) is 1.95. The Balaban J connectivity index is 2.72. The van der Waals surface area contributed by atoms with E-state index in [1.807, 2.05) is 0 Å². The molecule has 0 aromatic heterocycles. The number of amides is 1. The summed E-state index contributed by atoms with van der Waals surface area (Å²) in [4.78, 5) is 22.7. The summed E-state index contributed by atoms with van der Waals surface area (Å²) in [7, 11) is 0. The lowest BCUT2D eigenvalue weighted by Gasteiger charge is -2.14. The van der Waals surface area contributed by atoms with E-state index in [9.17, 15) is 18.4 Å². The van der Waals surface area contributed by atoms with E-state index in [1.165, 1.54) is 0 Å². The van der Waals surface area contributed by atoms with E-state index >= 15 is 0 Å². The minimum atomic E-state index is -1.21. The number of terminal acetylenes is 1. The zero-order valence-corrected chi connectivity index (χ0v) is 10.5. The van der Waals surface area contributed by atoms with Crippen molar-refractivity contribution >= 4 is 11.9 Å². The van der Waals surface area contributed by atoms with E-state index in [4.69, 9.17) is 11.5 Å². The molecule has 0 heterocycles. The second kappa shape index (κ2) is 7.24. The molecule has 0 aliphatic heterocycles. The fraction of sp³-hybridized carbons (Fsp3) is 0.286. The number of hydrogen-bond acceptors (Lipinski definition) is 2. The van der Waals surface area contributed by atoms with Crippen molar-refractivity contribution in [3.05, 3.63) is 35.4 Å². The Labute approximate surface area is 114 Å². The number of carboxylic acids is 1. The first-order chi connectivity index (χ1) is 9.45. The molecule has 0 aliphatic rings. The van der Waals surface area contributed by atoms with Gasteiger partial charge in [0.15, 0.2) is 11.6 Å². The second-order valence-corrected chi connectivity index (χ2v) is 4.09. The van der Waals surface area contributed by atoms with E-state index in [0.717, 1.165) is 12.1 Å². The first-order valence-corrected chi connectivity index (χ1v) is 5.88. The topological polar surface area (TPSA) is 66.4 Å². The highest BCUT2D eigenvalue weighted by Gasteiger charge is 2.20. The minimum absolute atomic E-state index is 0.146. The Morgan fingerprint density at radius 2 is 2.05 bits per heavy atom. The Bertz CT molecular complexity index is 552. The van der Waals surface area contributed by atoms with Gasteiger partial charge in [-0.05, 0) is 31.0 Å². The molecule has 0 fully saturated rings. The van der Waals surface area contributed by atoms with Crippen LogP contribution in [0.3, 0.4) is 0 Å². The van der Waals surface area contributed by atoms with Gasteiger partial charge in [0.1, 0.15) is 6.04 Å². The molecule has 0 radical (unpaired) electrons. The smallest absolute Gasteiger partial charge is 0.326 e. The third kappa shape index (κ3) is 4.35. The van der Waals surface area contributed by atoms with Gasteiger partial charge in [-0.15, -0.1) is 12.3 Å². The number of nitrogens with one attached hydrogen (secondary N) is 1. The Kier molecular flexibility index (Phi) is 5.66. The summed E-state index contributed by atoms with van der Waals surface area (Å²) in [5.74, 6) is -1.87. The number of hydrogen-bond donors (Lipinski definition) is 2. The van der Waals surface area contributed by atoms with Crippen molar-refractivity contribution in [2.75, 3.05) is 0 Å². The van der Waals surface area contributed by atoms with Crippen molar-refractivity contribution in [2.24, 2.45) is 0 Å². The molecule has 0 aliphatic carbocycles. The second-order valence-electron chi connectivity index (χ2n) is 4.09. The number of aliphatic carboxylic acids is 1. The van der Waals surface area contributed by atoms with Gasteiger partial charge < -0.3 is 10.4 Å². The average molecular weight is 281 g/mol. The van der Waals surface area contributed by atoms with Gasteiger partial charge >= 0.3 is 5.97 Å². The number of benzene rings is 1. The number of unbranched alkanes of at least 4 members (excludes halogenated alkanes) is 1. The van der Waals surface area contributed by atoms with Gasteiger partial charge in [-0.3, -0.25) is 4.79 Å². The molecule has 0 spiro atoms. The Morgan fingerprint density at radius 1 is 1.35 bits per heavy atom. The number of rotatable bonds is 6. The molecule has 1 atom stereocenters. The highest BCUT2D eigenvalue weighted by molar-refractivity contribution is 5.96. The fourth-order valence-corrected chi connectivity index (χ4v) is 1.54. The summed E-state index contributed by atoms with van der Waals surface area (Å²) in [6.45, 7) is 0. The highest BCUT2D eigenvalue weighted by Crippen LogP contribution is 2.09. The standard InChI is InChI=1S/C14H13F2NO3/c1-2-3-4-5-12(14(19)20)17-13(18)9-6-7-10(15)11(16)8-9/h1,6-8,12H,3-5H2,(H,17,18)(H,19,20)/t12-/m0/s1. The fourth-order valence-electron chi connectivity index (χ4n) is 1.54. The Hall–Kier alpha value is -2.42. The number of carbonyl (C=O) groups excluding carboxylic acids is 1. The van der Waals surface area contributed by atoms with E-state index in [2.05, 4.69) is 11.2 Å². The SMILES string of the molecule is C#CCCC[C@H](NC(=O)c1ccc(F)c(F)c1)C(=O)O. The van der Waals surface area contributed by atoms with Crippen molar-refractivity contribution in [1.82, 2.24) is 5.32 Å². The molecule has 4 nitrogen and oxygen atoms in total. The van der Waals surface area contributed by atoms with Crippen molar-refractivity contribution in [1.29, 1.82) is 0 Å². The van der Waals surface area contributed by atoms with Gasteiger partial charge in [0.2, 0.25) is 0 Å². The number of carboxylic acid groups (broad SMARTS) is 1. The van der Waals surface area contributed by atoms with E-state index in [0.29, 0.717) is 18.9 Å². The molecule has 2 N–H and O–H groups in total. The van der Waals surface area contributed by atoms with Gasteiger partial charge in [-0.1, -0.05) is 0 Å². The van der Waals surface area contributed by atoms with Gasteiger partial charge in [0, 0.05) is 12.0 Å². The van der Waals surface area contributed by atoms with Crippen LogP contribution in [0.4, 0.5) is 8.78 Å². The zero-order chi connectivity index (χ0) is 15.1. The van der Waals surface area contributed by atoms with Gasteiger partial charge in [-0.25, -0.2) is 13.6 Å². The van der Waals surface area contributed by atoms with Crippen LogP contribution >= 0.6 is 0 Å². The third-order valence-corrected chi connectivity index (χ3v) is 2.60. The molecular formula is C14H13F2NO3. The third-order valence-electron chi connectivity index (χ3n) is 2.60. The van der Waals surface area contributed by atoms with Crippen molar-refractivity contribution in [3.8, 4) is 12.3 Å². The van der Waals surface area contributed by atoms with Crippen LogP contribution in [0.5, 0.6) is 0 Å². The molecule has 6 heteroatoms. The molecule has 106 valence electrons. The van der Waals surface area contributed by atoms with Crippen LogP contribution in [0.2, 0.25) is 0 Å². The molecule has 0 bridgehead atoms. The van der Waals surface area contributed by atoms with Crippen LogP contribution in [0, 0.1) is 24.0 Å². The van der Waals surface area contributed by atoms with Crippen LogP contribution < -0.4 is 5.32 Å². The van der Waals surface area contributed by atoms with Crippen LogP contribution in [0.15, 0.2) is 18.2 Å². The molecule has 0 saturated heterocycles. The maximum Gasteiger partial charge on any atom is 0.326 e. The quantitative estimate of drug-likeness (QED) is 0.618. The maximum atomic E-state index is 13.0. The predicted molar refractivity (Wildman–Crippen MR) is 67.9 cm³/mol. The molecule has 1 amide bonds. The van der Waals surface area contributed by atoms with Crippen molar-refractivity contribution < 1.29 is 23.5 Å². The monoisotopic (exact) mass is 281 g/mol. The largest absolute Gasteiger partial charge is 0.480 e. The molecule has 1 aromatic carbocycles. The minimum Gasteiger partial charge on any atom is -0.480 e. The molecule has 0 unspecified atom stereocenters. The number of carbonyl (C=O) groups is 2. The Morgan fingerprint density at radius 3 is 2.60 bits per heavy atom. The first kappa shape index (κ1) is 15.6. The van der Waals surface area contributed by atoms with Crippen molar-refractivity contribution in [2.45, 2.75) is 25.3 Å². The van der Waals surface area contributed by atoms with Crippen LogP contribution in [-0.4, -0.2) is 23.0 Å². The normalized spacial score (nSPS) is 11.4. The maximum absolute atomic E-state index is 13.0. The summed E-state index contributed by atoms with van der Waals surface area (Å²) >= 11 is 0. The molecule has 20 heavy (non-hydrogen) atoms. The highest BCUT2D eigenvalue weighted by atomic mass is 19.2. The molecular weight excluding hydrogens is 268 g/mol. The van der Waals surface area contributed by atoms with E-state index in [-0.39, 0.29) is 12.0 Å². The summed E-state index contributed by atoms with van der Waals surface area (Å²) in [6, 6.07) is 1.47. The van der Waals surface area contributed by atoms with E-state index < -0.39 is 29.6 Å². The zero-order valence-electron chi connectivity index (χ0n) is 10.5. The lowest BCUT2D eigenvalue weighted by Crippen LogP contribution is -2.40. The average Bonchev–Trinajstić information content (AvgIpc) is 2.40. The molecule has 0 saturated carbocycles.